The molecule has 0 atom stereocenters. The maximum absolute atomic E-state index is 12.2. The van der Waals surface area contributed by atoms with Gasteiger partial charge in [-0.3, -0.25) is 4.79 Å². The van der Waals surface area contributed by atoms with Gasteiger partial charge in [0.05, 0.1) is 11.4 Å². The van der Waals surface area contributed by atoms with Crippen LogP contribution in [-0.2, 0) is 4.79 Å². The molecule has 0 unspecified atom stereocenters. The summed E-state index contributed by atoms with van der Waals surface area (Å²) in [5, 5.41) is 15.2. The van der Waals surface area contributed by atoms with Gasteiger partial charge in [0.2, 0.25) is 11.1 Å². The van der Waals surface area contributed by atoms with Crippen molar-refractivity contribution in [1.82, 2.24) is 20.2 Å². The van der Waals surface area contributed by atoms with Crippen molar-refractivity contribution in [2.24, 2.45) is 0 Å². The molecule has 3 rings (SSSR count). The monoisotopic (exact) mass is 371 g/mol. The standard InChI is InChI=1S/C17H17N5OS2/c1-12-5-3-7-14(9-12)22-17(19-20-21-22)25-11-16(23)18-13-6-4-8-15(10-13)24-2/h3-10H,11H2,1-2H3,(H,18,23). The number of hydrogen-bond donors (Lipinski definition) is 1. The van der Waals surface area contributed by atoms with Crippen LogP contribution in [0.3, 0.4) is 0 Å². The van der Waals surface area contributed by atoms with Crippen molar-refractivity contribution in [3.8, 4) is 5.69 Å². The summed E-state index contributed by atoms with van der Waals surface area (Å²) in [6.07, 6.45) is 2.00. The van der Waals surface area contributed by atoms with E-state index in [0.717, 1.165) is 21.8 Å². The summed E-state index contributed by atoms with van der Waals surface area (Å²) >= 11 is 2.94. The third-order valence-electron chi connectivity index (χ3n) is 3.37. The number of nitrogens with one attached hydrogen (secondary N) is 1. The summed E-state index contributed by atoms with van der Waals surface area (Å²) in [5.41, 5.74) is 2.78. The summed E-state index contributed by atoms with van der Waals surface area (Å²) in [6.45, 7) is 2.01. The first-order valence-corrected chi connectivity index (χ1v) is 9.79. The SMILES string of the molecule is CSc1cccc(NC(=O)CSc2nnnn2-c2cccc(C)c2)c1. The second kappa shape index (κ2) is 8.17. The smallest absolute Gasteiger partial charge is 0.234 e. The lowest BCUT2D eigenvalue weighted by Crippen LogP contribution is -2.14. The van der Waals surface area contributed by atoms with E-state index in [0.29, 0.717) is 5.16 Å². The van der Waals surface area contributed by atoms with Crippen LogP contribution in [0.25, 0.3) is 5.69 Å². The number of nitrogens with zero attached hydrogens (tertiary/aromatic N) is 4. The number of benzene rings is 2. The highest BCUT2D eigenvalue weighted by molar-refractivity contribution is 7.99. The number of aromatic nitrogens is 4. The Bertz CT molecular complexity index is 881. The second-order valence-electron chi connectivity index (χ2n) is 5.28. The van der Waals surface area contributed by atoms with Crippen LogP contribution in [-0.4, -0.2) is 38.1 Å². The van der Waals surface area contributed by atoms with E-state index in [1.807, 2.05) is 61.7 Å². The lowest BCUT2D eigenvalue weighted by Gasteiger charge is -2.07. The average Bonchev–Trinajstić information content (AvgIpc) is 3.09. The fourth-order valence-electron chi connectivity index (χ4n) is 2.22. The van der Waals surface area contributed by atoms with Crippen LogP contribution < -0.4 is 5.32 Å². The summed E-state index contributed by atoms with van der Waals surface area (Å²) in [5.74, 6) is 0.137. The summed E-state index contributed by atoms with van der Waals surface area (Å²) in [7, 11) is 0. The molecule has 1 N–H and O–H groups in total. The van der Waals surface area contributed by atoms with Gasteiger partial charge in [-0.05, 0) is 59.5 Å². The molecule has 2 aromatic carbocycles. The molecule has 0 saturated carbocycles. The molecule has 1 aromatic heterocycles. The van der Waals surface area contributed by atoms with E-state index in [2.05, 4.69) is 20.8 Å². The highest BCUT2D eigenvalue weighted by Crippen LogP contribution is 2.21. The van der Waals surface area contributed by atoms with Crippen molar-refractivity contribution < 1.29 is 4.79 Å². The molecule has 1 heterocycles. The molecular formula is C17H17N5OS2. The van der Waals surface area contributed by atoms with Gasteiger partial charge < -0.3 is 5.32 Å². The first-order valence-electron chi connectivity index (χ1n) is 7.58. The Morgan fingerprint density at radius 3 is 2.84 bits per heavy atom. The summed E-state index contributed by atoms with van der Waals surface area (Å²) < 4.78 is 1.64. The van der Waals surface area contributed by atoms with Crippen LogP contribution >= 0.6 is 23.5 Å². The Labute approximate surface area is 154 Å². The minimum absolute atomic E-state index is 0.0953. The lowest BCUT2D eigenvalue weighted by molar-refractivity contribution is -0.113. The molecule has 0 bridgehead atoms. The van der Waals surface area contributed by atoms with Crippen LogP contribution in [0.2, 0.25) is 0 Å². The number of aryl methyl sites for hydroxylation is 1. The van der Waals surface area contributed by atoms with Crippen molar-refractivity contribution in [1.29, 1.82) is 0 Å². The first kappa shape index (κ1) is 17.5. The number of hydrogen-bond acceptors (Lipinski definition) is 6. The Morgan fingerprint density at radius 1 is 1.20 bits per heavy atom. The Hall–Kier alpha value is -2.32. The molecule has 0 spiro atoms. The fourth-order valence-corrected chi connectivity index (χ4v) is 3.37. The molecule has 0 aliphatic carbocycles. The van der Waals surface area contributed by atoms with Crippen LogP contribution in [0.1, 0.15) is 5.56 Å². The van der Waals surface area contributed by atoms with Crippen molar-refractivity contribution in [3.05, 3.63) is 54.1 Å². The third-order valence-corrected chi connectivity index (χ3v) is 5.02. The largest absolute Gasteiger partial charge is 0.325 e. The number of carbonyl (C=O) groups is 1. The number of tetrazole rings is 1. The molecule has 0 aliphatic heterocycles. The van der Waals surface area contributed by atoms with E-state index >= 15 is 0 Å². The lowest BCUT2D eigenvalue weighted by atomic mass is 10.2. The van der Waals surface area contributed by atoms with E-state index in [1.54, 1.807) is 16.4 Å². The average molecular weight is 371 g/mol. The Morgan fingerprint density at radius 2 is 2.04 bits per heavy atom. The molecule has 6 nitrogen and oxygen atoms in total. The molecule has 0 fully saturated rings. The normalized spacial score (nSPS) is 10.6. The molecule has 0 radical (unpaired) electrons. The Balaban J connectivity index is 1.64. The van der Waals surface area contributed by atoms with Crippen LogP contribution in [0.15, 0.2) is 58.6 Å². The van der Waals surface area contributed by atoms with Gasteiger partial charge in [-0.1, -0.05) is 30.0 Å². The zero-order valence-electron chi connectivity index (χ0n) is 13.8. The van der Waals surface area contributed by atoms with Crippen LogP contribution in [0.4, 0.5) is 5.69 Å². The van der Waals surface area contributed by atoms with Gasteiger partial charge >= 0.3 is 0 Å². The predicted molar refractivity (Wildman–Crippen MR) is 101 cm³/mol. The molecule has 3 aromatic rings. The van der Waals surface area contributed by atoms with Crippen LogP contribution in [0.5, 0.6) is 0 Å². The van der Waals surface area contributed by atoms with Gasteiger partial charge in [0.1, 0.15) is 0 Å². The van der Waals surface area contributed by atoms with Gasteiger partial charge in [-0.2, -0.15) is 4.68 Å². The first-order chi connectivity index (χ1) is 12.2. The van der Waals surface area contributed by atoms with E-state index in [1.165, 1.54) is 11.8 Å². The molecule has 0 aliphatic rings. The zero-order valence-corrected chi connectivity index (χ0v) is 15.5. The number of amides is 1. The highest BCUT2D eigenvalue weighted by Gasteiger charge is 2.12. The number of thioether (sulfide) groups is 2. The van der Waals surface area contributed by atoms with E-state index in [9.17, 15) is 4.79 Å². The quantitative estimate of drug-likeness (QED) is 0.669. The molecular weight excluding hydrogens is 354 g/mol. The maximum atomic E-state index is 12.2. The fraction of sp³-hybridized carbons (Fsp3) is 0.176. The van der Waals surface area contributed by atoms with Gasteiger partial charge in [-0.15, -0.1) is 16.9 Å². The summed E-state index contributed by atoms with van der Waals surface area (Å²) in [4.78, 5) is 13.3. The van der Waals surface area contributed by atoms with Crippen molar-refractivity contribution in [3.63, 3.8) is 0 Å². The maximum Gasteiger partial charge on any atom is 0.234 e. The van der Waals surface area contributed by atoms with Gasteiger partial charge in [-0.25, -0.2) is 0 Å². The van der Waals surface area contributed by atoms with Gasteiger partial charge in [0.15, 0.2) is 0 Å². The topological polar surface area (TPSA) is 72.7 Å². The number of rotatable bonds is 6. The minimum Gasteiger partial charge on any atom is -0.325 e. The Kier molecular flexibility index (Phi) is 5.72. The molecule has 8 heteroatoms. The summed E-state index contributed by atoms with van der Waals surface area (Å²) in [6, 6.07) is 15.6. The van der Waals surface area contributed by atoms with Gasteiger partial charge in [0.25, 0.3) is 0 Å². The van der Waals surface area contributed by atoms with Gasteiger partial charge in [0, 0.05) is 10.6 Å². The molecule has 0 saturated heterocycles. The zero-order chi connectivity index (χ0) is 17.6. The highest BCUT2D eigenvalue weighted by atomic mass is 32.2. The molecule has 128 valence electrons. The second-order valence-corrected chi connectivity index (χ2v) is 7.10. The number of carbonyl (C=O) groups excluding carboxylic acids is 1. The number of anilines is 1. The molecule has 25 heavy (non-hydrogen) atoms. The van der Waals surface area contributed by atoms with Crippen LogP contribution in [0, 0.1) is 6.92 Å². The molecule has 1 amide bonds. The van der Waals surface area contributed by atoms with E-state index in [-0.39, 0.29) is 11.7 Å². The third kappa shape index (κ3) is 4.61. The predicted octanol–water partition coefficient (Wildman–Crippen LogP) is 3.42. The minimum atomic E-state index is -0.0953. The van der Waals surface area contributed by atoms with E-state index < -0.39 is 0 Å². The van der Waals surface area contributed by atoms with Crippen molar-refractivity contribution in [2.75, 3.05) is 17.3 Å². The van der Waals surface area contributed by atoms with E-state index in [4.69, 9.17) is 0 Å². The van der Waals surface area contributed by atoms with Crippen molar-refractivity contribution >= 4 is 35.1 Å². The van der Waals surface area contributed by atoms with Crippen molar-refractivity contribution in [2.45, 2.75) is 17.0 Å².